The van der Waals surface area contributed by atoms with Crippen LogP contribution in [0.5, 0.6) is 11.5 Å². The van der Waals surface area contributed by atoms with E-state index >= 15 is 0 Å². The van der Waals surface area contributed by atoms with Crippen molar-refractivity contribution in [3.05, 3.63) is 87.8 Å². The first-order valence-electron chi connectivity index (χ1n) is 9.73. The first-order valence-corrected chi connectivity index (χ1v) is 9.73. The minimum Gasteiger partial charge on any atom is -0.489 e. The fraction of sp³-hybridized carbons (Fsp3) is 0.208. The second-order valence-electron chi connectivity index (χ2n) is 7.23. The zero-order chi connectivity index (χ0) is 20.9. The van der Waals surface area contributed by atoms with Gasteiger partial charge in [-0.25, -0.2) is 0 Å². The molecule has 4 rings (SSSR count). The summed E-state index contributed by atoms with van der Waals surface area (Å²) in [5, 5.41) is 11.8. The van der Waals surface area contributed by atoms with E-state index in [1.807, 2.05) is 60.7 Å². The van der Waals surface area contributed by atoms with Crippen LogP contribution in [0.15, 0.2) is 65.8 Å². The van der Waals surface area contributed by atoms with E-state index in [1.54, 1.807) is 0 Å². The Balaban J connectivity index is 1.48. The molecule has 0 unspecified atom stereocenters. The number of aryl methyl sites for hydroxylation is 1. The van der Waals surface area contributed by atoms with Gasteiger partial charge in [-0.05, 0) is 46.9 Å². The molecule has 3 aromatic carbocycles. The third-order valence-corrected chi connectivity index (χ3v) is 5.07. The Bertz CT molecular complexity index is 1090. The van der Waals surface area contributed by atoms with Gasteiger partial charge in [0.05, 0.1) is 0 Å². The summed E-state index contributed by atoms with van der Waals surface area (Å²) in [5.74, 6) is 0.719. The Labute approximate surface area is 174 Å². The molecule has 0 spiro atoms. The highest BCUT2D eigenvalue weighted by Gasteiger charge is 2.18. The molecule has 1 aliphatic heterocycles. The van der Waals surface area contributed by atoms with Gasteiger partial charge in [0.25, 0.3) is 0 Å². The maximum absolute atomic E-state index is 10.8. The largest absolute Gasteiger partial charge is 0.489 e. The van der Waals surface area contributed by atoms with Gasteiger partial charge in [-0.1, -0.05) is 47.6 Å². The maximum Gasteiger partial charge on any atom is 0.303 e. The maximum atomic E-state index is 10.8. The molecular weight excluding hydrogens is 382 g/mol. The molecule has 1 heterocycles. The molecule has 0 atom stereocenters. The van der Waals surface area contributed by atoms with E-state index in [4.69, 9.17) is 14.6 Å². The number of carbonyl (C=O) groups is 1. The Kier molecular flexibility index (Phi) is 5.75. The molecule has 0 aromatic heterocycles. The molecule has 6 heteroatoms. The fourth-order valence-corrected chi connectivity index (χ4v) is 3.57. The van der Waals surface area contributed by atoms with Crippen molar-refractivity contribution in [1.29, 1.82) is 0 Å². The topological polar surface area (TPSA) is 85.2 Å². The minimum atomic E-state index is -0.807. The van der Waals surface area contributed by atoms with Crippen molar-refractivity contribution in [2.45, 2.75) is 32.6 Å². The second kappa shape index (κ2) is 8.78. The minimum absolute atomic E-state index is 0.102. The predicted molar refractivity (Wildman–Crippen MR) is 112 cm³/mol. The summed E-state index contributed by atoms with van der Waals surface area (Å²) in [7, 11) is 0. The number of aliphatic carboxylic acids is 1. The van der Waals surface area contributed by atoms with Gasteiger partial charge in [-0.2, -0.15) is 4.91 Å². The van der Waals surface area contributed by atoms with E-state index in [0.717, 1.165) is 44.9 Å². The van der Waals surface area contributed by atoms with Gasteiger partial charge in [0.15, 0.2) is 0 Å². The van der Waals surface area contributed by atoms with Crippen molar-refractivity contribution in [3.63, 3.8) is 0 Å². The molecule has 3 aromatic rings. The number of carboxylic acid groups (broad SMARTS) is 1. The first kappa shape index (κ1) is 19.6. The highest BCUT2D eigenvalue weighted by Crippen LogP contribution is 2.39. The fourth-order valence-electron chi connectivity index (χ4n) is 3.57. The quantitative estimate of drug-likeness (QED) is 0.528. The molecule has 152 valence electrons. The van der Waals surface area contributed by atoms with E-state index in [1.165, 1.54) is 0 Å². The number of carboxylic acids is 1. The standard InChI is InChI=1S/C24H21NO5/c26-24(27)9-5-16-4-7-22-21-8-6-20(12-19(21)15-30-23(22)11-16)29-14-18-3-1-2-17(10-18)13-25-28/h1-4,6-8,10-12H,5,9,13-15H2,(H,26,27). The average molecular weight is 403 g/mol. The molecule has 0 aliphatic carbocycles. The monoisotopic (exact) mass is 403 g/mol. The third-order valence-electron chi connectivity index (χ3n) is 5.07. The van der Waals surface area contributed by atoms with Gasteiger partial charge >= 0.3 is 5.97 Å². The van der Waals surface area contributed by atoms with Gasteiger partial charge in [0.1, 0.15) is 31.3 Å². The summed E-state index contributed by atoms with van der Waals surface area (Å²) in [6.45, 7) is 0.986. The first-order chi connectivity index (χ1) is 14.6. The zero-order valence-electron chi connectivity index (χ0n) is 16.3. The molecule has 0 bridgehead atoms. The van der Waals surface area contributed by atoms with Crippen LogP contribution >= 0.6 is 0 Å². The van der Waals surface area contributed by atoms with Crippen LogP contribution in [0.2, 0.25) is 0 Å². The van der Waals surface area contributed by atoms with Gasteiger partial charge in [0.2, 0.25) is 0 Å². The van der Waals surface area contributed by atoms with Gasteiger partial charge < -0.3 is 14.6 Å². The van der Waals surface area contributed by atoms with Crippen LogP contribution in [0.25, 0.3) is 11.1 Å². The average Bonchev–Trinajstić information content (AvgIpc) is 2.76. The highest BCUT2D eigenvalue weighted by atomic mass is 16.5. The highest BCUT2D eigenvalue weighted by molar-refractivity contribution is 5.76. The number of fused-ring (bicyclic) bond motifs is 3. The number of ether oxygens (including phenoxy) is 2. The Hall–Kier alpha value is -3.67. The molecule has 0 radical (unpaired) electrons. The van der Waals surface area contributed by atoms with Crippen molar-refractivity contribution in [2.24, 2.45) is 5.18 Å². The van der Waals surface area contributed by atoms with Crippen LogP contribution in [0.3, 0.4) is 0 Å². The number of hydrogen-bond donors (Lipinski definition) is 1. The summed E-state index contributed by atoms with van der Waals surface area (Å²) in [5.41, 5.74) is 5.92. The number of benzene rings is 3. The predicted octanol–water partition coefficient (Wildman–Crippen LogP) is 5.11. The third kappa shape index (κ3) is 4.49. The summed E-state index contributed by atoms with van der Waals surface area (Å²) in [4.78, 5) is 21.2. The SMILES string of the molecule is O=NCc1cccc(COc2ccc3c(c2)COc2cc(CCC(=O)O)ccc2-3)c1. The zero-order valence-corrected chi connectivity index (χ0v) is 16.3. The van der Waals surface area contributed by atoms with Crippen LogP contribution in [-0.2, 0) is 31.0 Å². The van der Waals surface area contributed by atoms with Gasteiger partial charge in [-0.3, -0.25) is 4.79 Å². The molecule has 0 saturated carbocycles. The molecule has 6 nitrogen and oxygen atoms in total. The number of nitrogens with zero attached hydrogens (tertiary/aromatic N) is 1. The molecular formula is C24H21NO5. The number of rotatable bonds is 8. The lowest BCUT2D eigenvalue weighted by molar-refractivity contribution is -0.136. The molecule has 30 heavy (non-hydrogen) atoms. The Morgan fingerprint density at radius 3 is 2.67 bits per heavy atom. The van der Waals surface area contributed by atoms with E-state index in [2.05, 4.69) is 5.18 Å². The van der Waals surface area contributed by atoms with E-state index in [-0.39, 0.29) is 13.0 Å². The van der Waals surface area contributed by atoms with Crippen LogP contribution in [0.4, 0.5) is 0 Å². The summed E-state index contributed by atoms with van der Waals surface area (Å²) in [6, 6.07) is 19.4. The molecule has 1 N–H and O–H groups in total. The lowest BCUT2D eigenvalue weighted by Gasteiger charge is -2.22. The van der Waals surface area contributed by atoms with E-state index in [9.17, 15) is 9.70 Å². The van der Waals surface area contributed by atoms with E-state index < -0.39 is 5.97 Å². The van der Waals surface area contributed by atoms with Crippen molar-refractivity contribution in [2.75, 3.05) is 0 Å². The smallest absolute Gasteiger partial charge is 0.303 e. The normalized spacial score (nSPS) is 11.7. The second-order valence-corrected chi connectivity index (χ2v) is 7.23. The van der Waals surface area contributed by atoms with Crippen LogP contribution in [-0.4, -0.2) is 11.1 Å². The van der Waals surface area contributed by atoms with E-state index in [0.29, 0.717) is 19.6 Å². The molecule has 0 saturated heterocycles. The van der Waals surface area contributed by atoms with Crippen molar-refractivity contribution in [1.82, 2.24) is 0 Å². The summed E-state index contributed by atoms with van der Waals surface area (Å²) < 4.78 is 11.8. The summed E-state index contributed by atoms with van der Waals surface area (Å²) >= 11 is 0. The molecule has 0 fully saturated rings. The van der Waals surface area contributed by atoms with Crippen molar-refractivity contribution >= 4 is 5.97 Å². The van der Waals surface area contributed by atoms with Crippen LogP contribution < -0.4 is 9.47 Å². The van der Waals surface area contributed by atoms with Crippen LogP contribution in [0.1, 0.15) is 28.7 Å². The number of hydrogen-bond acceptors (Lipinski definition) is 5. The van der Waals surface area contributed by atoms with Gasteiger partial charge in [-0.15, -0.1) is 0 Å². The lowest BCUT2D eigenvalue weighted by Crippen LogP contribution is -2.07. The Morgan fingerprint density at radius 2 is 1.83 bits per heavy atom. The van der Waals surface area contributed by atoms with Crippen LogP contribution in [0, 0.1) is 4.91 Å². The Morgan fingerprint density at radius 1 is 1.00 bits per heavy atom. The molecule has 0 amide bonds. The van der Waals surface area contributed by atoms with Gasteiger partial charge in [0, 0.05) is 17.5 Å². The lowest BCUT2D eigenvalue weighted by atomic mass is 9.95. The number of nitroso groups, excluding NO2 is 1. The molecule has 1 aliphatic rings. The van der Waals surface area contributed by atoms with Crippen molar-refractivity contribution in [3.8, 4) is 22.6 Å². The van der Waals surface area contributed by atoms with Crippen molar-refractivity contribution < 1.29 is 19.4 Å². The summed E-state index contributed by atoms with van der Waals surface area (Å²) in [6.07, 6.45) is 0.584.